The van der Waals surface area contributed by atoms with Gasteiger partial charge in [-0.05, 0) is 27.2 Å². The molecule has 0 N–H and O–H groups in total. The zero-order valence-corrected chi connectivity index (χ0v) is 15.3. The molecule has 14 heavy (non-hydrogen) atoms. The first-order valence-electron chi connectivity index (χ1n) is 4.13. The fourth-order valence-corrected chi connectivity index (χ4v) is 0.512. The Hall–Kier alpha value is 1.78. The number of carbonyl (C=O) groups is 2. The molecule has 0 aliphatic heterocycles. The van der Waals surface area contributed by atoms with Crippen LogP contribution in [0.4, 0.5) is 0 Å². The number of carbonyl (C=O) groups excluding carboxylic acids is 2. The van der Waals surface area contributed by atoms with Gasteiger partial charge in [0.25, 0.3) is 0 Å². The van der Waals surface area contributed by atoms with E-state index in [4.69, 9.17) is 0 Å². The van der Waals surface area contributed by atoms with E-state index in [-0.39, 0.29) is 83.8 Å². The van der Waals surface area contributed by atoms with Gasteiger partial charge in [0.15, 0.2) is 0 Å². The predicted octanol–water partition coefficient (Wildman–Crippen LogP) is -3.86. The van der Waals surface area contributed by atoms with E-state index < -0.39 is 17.4 Å². The molecule has 74 valence electrons. The summed E-state index contributed by atoms with van der Waals surface area (Å²) < 4.78 is 4.58. The van der Waals surface area contributed by atoms with E-state index in [0.717, 1.165) is 0 Å². The monoisotopic (exact) mass is 236 g/mol. The third-order valence-electron chi connectivity index (χ3n) is 1.27. The standard InChI is InChI=1S/C9H16O3.K.Na.2H/c1-5-6-7(10)12-8(11)9(2,3)4;;;;/h5-6H2,1-4H3;;;;/q;2*+1;2*-1. The van der Waals surface area contributed by atoms with Crippen molar-refractivity contribution in [2.45, 2.75) is 40.5 Å². The molecule has 0 aromatic rings. The van der Waals surface area contributed by atoms with Crippen LogP contribution in [0.3, 0.4) is 0 Å². The van der Waals surface area contributed by atoms with Crippen LogP contribution < -0.4 is 80.9 Å². The van der Waals surface area contributed by atoms with Gasteiger partial charge in [-0.15, -0.1) is 0 Å². The van der Waals surface area contributed by atoms with Gasteiger partial charge in [0.2, 0.25) is 0 Å². The minimum Gasteiger partial charge on any atom is -1.00 e. The summed E-state index contributed by atoms with van der Waals surface area (Å²) in [5, 5.41) is 0. The topological polar surface area (TPSA) is 43.4 Å². The van der Waals surface area contributed by atoms with Crippen LogP contribution in [0.2, 0.25) is 0 Å². The zero-order chi connectivity index (χ0) is 9.78. The van der Waals surface area contributed by atoms with Gasteiger partial charge in [-0.3, -0.25) is 9.59 Å². The molecule has 3 nitrogen and oxygen atoms in total. The van der Waals surface area contributed by atoms with Crippen LogP contribution in [0.5, 0.6) is 0 Å². The Bertz CT molecular complexity index is 196. The Morgan fingerprint density at radius 3 is 2.00 bits per heavy atom. The van der Waals surface area contributed by atoms with E-state index in [1.165, 1.54) is 0 Å². The SMILES string of the molecule is CCCC(=O)OC(=O)C(C)(C)C.[H-].[H-].[K+].[Na+]. The molecule has 0 spiro atoms. The van der Waals surface area contributed by atoms with Crippen molar-refractivity contribution in [1.82, 2.24) is 0 Å². The number of ether oxygens (including phenoxy) is 1. The Morgan fingerprint density at radius 1 is 1.29 bits per heavy atom. The molecule has 0 radical (unpaired) electrons. The second kappa shape index (κ2) is 9.96. The first kappa shape index (κ1) is 21.1. The third-order valence-corrected chi connectivity index (χ3v) is 1.27. The van der Waals surface area contributed by atoms with Crippen LogP contribution in [0.1, 0.15) is 43.4 Å². The van der Waals surface area contributed by atoms with Crippen molar-refractivity contribution in [1.29, 1.82) is 0 Å². The largest absolute Gasteiger partial charge is 1.00 e. The molecule has 0 heterocycles. The van der Waals surface area contributed by atoms with Crippen LogP contribution in [0.25, 0.3) is 0 Å². The van der Waals surface area contributed by atoms with E-state index in [2.05, 4.69) is 4.74 Å². The molecular formula is C9H18KNaO3. The molecule has 0 aliphatic carbocycles. The average Bonchev–Trinajstić information content (AvgIpc) is 1.85. The normalized spacial score (nSPS) is 9.43. The van der Waals surface area contributed by atoms with Crippen molar-refractivity contribution in [2.75, 3.05) is 0 Å². The number of esters is 2. The summed E-state index contributed by atoms with van der Waals surface area (Å²) in [6.45, 7) is 7.01. The van der Waals surface area contributed by atoms with Crippen LogP contribution in [0, 0.1) is 5.41 Å². The summed E-state index contributed by atoms with van der Waals surface area (Å²) in [4.78, 5) is 22.0. The quantitative estimate of drug-likeness (QED) is 0.280. The van der Waals surface area contributed by atoms with Crippen molar-refractivity contribution in [3.8, 4) is 0 Å². The average molecular weight is 236 g/mol. The van der Waals surface area contributed by atoms with Crippen molar-refractivity contribution in [3.63, 3.8) is 0 Å². The fraction of sp³-hybridized carbons (Fsp3) is 0.778. The van der Waals surface area contributed by atoms with Gasteiger partial charge in [-0.25, -0.2) is 0 Å². The van der Waals surface area contributed by atoms with Gasteiger partial charge in [0, 0.05) is 6.42 Å². The molecule has 0 rings (SSSR count). The number of hydrogen-bond donors (Lipinski definition) is 0. The molecule has 0 bridgehead atoms. The van der Waals surface area contributed by atoms with E-state index >= 15 is 0 Å². The summed E-state index contributed by atoms with van der Waals surface area (Å²) in [6.07, 6.45) is 1.01. The van der Waals surface area contributed by atoms with Crippen molar-refractivity contribution >= 4 is 11.9 Å². The van der Waals surface area contributed by atoms with Crippen molar-refractivity contribution in [2.24, 2.45) is 5.41 Å². The molecule has 5 heteroatoms. The zero-order valence-electron chi connectivity index (χ0n) is 12.1. The van der Waals surface area contributed by atoms with Crippen molar-refractivity contribution < 1.29 is 98.1 Å². The molecule has 0 aromatic carbocycles. The van der Waals surface area contributed by atoms with Crippen LogP contribution in [-0.4, -0.2) is 11.9 Å². The van der Waals surface area contributed by atoms with Crippen LogP contribution in [-0.2, 0) is 14.3 Å². The maximum absolute atomic E-state index is 11.1. The fourth-order valence-electron chi connectivity index (χ4n) is 0.512. The summed E-state index contributed by atoms with van der Waals surface area (Å²) in [5.41, 5.74) is -0.594. The molecule has 0 unspecified atom stereocenters. The summed E-state index contributed by atoms with van der Waals surface area (Å²) in [6, 6.07) is 0. The van der Waals surface area contributed by atoms with E-state index in [9.17, 15) is 9.59 Å². The second-order valence-electron chi connectivity index (χ2n) is 3.76. The molecule has 0 amide bonds. The van der Waals surface area contributed by atoms with Gasteiger partial charge >= 0.3 is 92.9 Å². The van der Waals surface area contributed by atoms with E-state index in [1.807, 2.05) is 6.92 Å². The van der Waals surface area contributed by atoms with Gasteiger partial charge < -0.3 is 7.59 Å². The van der Waals surface area contributed by atoms with Gasteiger partial charge in [0.1, 0.15) is 0 Å². The minimum absolute atomic E-state index is 0. The second-order valence-corrected chi connectivity index (χ2v) is 3.76. The first-order chi connectivity index (χ1) is 5.38. The molecule has 0 aromatic heterocycles. The summed E-state index contributed by atoms with van der Waals surface area (Å²) in [5.74, 6) is -0.890. The van der Waals surface area contributed by atoms with Crippen LogP contribution in [0.15, 0.2) is 0 Å². The molecule has 0 saturated carbocycles. The van der Waals surface area contributed by atoms with E-state index in [1.54, 1.807) is 20.8 Å². The Kier molecular flexibility index (Phi) is 15.0. The summed E-state index contributed by atoms with van der Waals surface area (Å²) >= 11 is 0. The molecule has 0 fully saturated rings. The maximum atomic E-state index is 11.1. The molecule has 0 aliphatic rings. The van der Waals surface area contributed by atoms with Gasteiger partial charge in [-0.2, -0.15) is 0 Å². The number of rotatable bonds is 2. The first-order valence-corrected chi connectivity index (χ1v) is 4.13. The Balaban J connectivity index is -0.000000101. The van der Waals surface area contributed by atoms with E-state index in [0.29, 0.717) is 12.8 Å². The third kappa shape index (κ3) is 10.3. The van der Waals surface area contributed by atoms with Gasteiger partial charge in [0.05, 0.1) is 5.41 Å². The van der Waals surface area contributed by atoms with Gasteiger partial charge in [-0.1, -0.05) is 6.92 Å². The molecule has 0 saturated heterocycles. The van der Waals surface area contributed by atoms with Crippen molar-refractivity contribution in [3.05, 3.63) is 0 Å². The smallest absolute Gasteiger partial charge is 1.00 e. The minimum atomic E-state index is -0.594. The van der Waals surface area contributed by atoms with Crippen LogP contribution >= 0.6 is 0 Å². The molecule has 0 atom stereocenters. The predicted molar refractivity (Wildman–Crippen MR) is 47.7 cm³/mol. The Morgan fingerprint density at radius 2 is 1.71 bits per heavy atom. The number of hydrogen-bond acceptors (Lipinski definition) is 3. The maximum Gasteiger partial charge on any atom is 1.00 e. The molecular weight excluding hydrogens is 218 g/mol. The Labute approximate surface area is 153 Å². The summed E-state index contributed by atoms with van der Waals surface area (Å²) in [7, 11) is 0.